The average Bonchev–Trinajstić information content (AvgIpc) is 2.73. The van der Waals surface area contributed by atoms with Crippen LogP contribution in [-0.4, -0.2) is 18.6 Å². The molecule has 0 bridgehead atoms. The van der Waals surface area contributed by atoms with Crippen LogP contribution in [0.3, 0.4) is 0 Å². The van der Waals surface area contributed by atoms with Gasteiger partial charge in [0, 0.05) is 21.3 Å². The van der Waals surface area contributed by atoms with Crippen LogP contribution in [0.5, 0.6) is 5.75 Å². The van der Waals surface area contributed by atoms with E-state index in [0.717, 1.165) is 6.42 Å². The second kappa shape index (κ2) is 10.6. The number of hydrogen-bond donors (Lipinski definition) is 2. The number of halogens is 2. The first-order valence-corrected chi connectivity index (χ1v) is 10.8. The van der Waals surface area contributed by atoms with Gasteiger partial charge >= 0.3 is 12.0 Å². The van der Waals surface area contributed by atoms with E-state index in [-0.39, 0.29) is 19.2 Å². The largest absolute Gasteiger partial charge is 0.489 e. The number of esters is 1. The Morgan fingerprint density at radius 3 is 2.48 bits per heavy atom. The molecule has 164 valence electrons. The summed E-state index contributed by atoms with van der Waals surface area (Å²) < 4.78 is 11.2. The maximum absolute atomic E-state index is 12.7. The van der Waals surface area contributed by atoms with Gasteiger partial charge in [0.15, 0.2) is 0 Å². The number of carbonyl (C=O) groups is 2. The Balaban J connectivity index is 1.90. The van der Waals surface area contributed by atoms with Crippen molar-refractivity contribution in [2.75, 3.05) is 6.61 Å². The Labute approximate surface area is 191 Å². The van der Waals surface area contributed by atoms with E-state index in [1.54, 1.807) is 43.3 Å². The van der Waals surface area contributed by atoms with Crippen molar-refractivity contribution in [3.8, 4) is 5.75 Å². The molecule has 2 aromatic carbocycles. The minimum absolute atomic E-state index is 0.183. The highest BCUT2D eigenvalue weighted by atomic mass is 35.5. The van der Waals surface area contributed by atoms with Crippen LogP contribution in [0.25, 0.3) is 0 Å². The van der Waals surface area contributed by atoms with E-state index < -0.39 is 12.0 Å². The molecule has 0 aliphatic carbocycles. The van der Waals surface area contributed by atoms with Gasteiger partial charge in [-0.1, -0.05) is 54.7 Å². The molecule has 0 saturated heterocycles. The van der Waals surface area contributed by atoms with E-state index in [2.05, 4.69) is 10.6 Å². The highest BCUT2D eigenvalue weighted by Gasteiger charge is 2.33. The summed E-state index contributed by atoms with van der Waals surface area (Å²) in [5.41, 5.74) is 2.36. The topological polar surface area (TPSA) is 76.7 Å². The fourth-order valence-corrected chi connectivity index (χ4v) is 3.88. The van der Waals surface area contributed by atoms with Crippen molar-refractivity contribution in [2.45, 2.75) is 39.3 Å². The lowest BCUT2D eigenvalue weighted by Gasteiger charge is -2.29. The van der Waals surface area contributed by atoms with Gasteiger partial charge in [-0.2, -0.15) is 0 Å². The SMILES string of the molecule is CCCC1=C(C(=O)OCC)C(c2cccc(OCc3c(Cl)cccc3Cl)c2)NC(=O)N1. The van der Waals surface area contributed by atoms with E-state index in [1.165, 1.54) is 0 Å². The maximum atomic E-state index is 12.7. The zero-order valence-electron chi connectivity index (χ0n) is 17.3. The first kappa shape index (κ1) is 23.0. The number of nitrogens with one attached hydrogen (secondary N) is 2. The first-order chi connectivity index (χ1) is 14.9. The van der Waals surface area contributed by atoms with Crippen LogP contribution in [-0.2, 0) is 16.1 Å². The first-order valence-electron chi connectivity index (χ1n) is 10.1. The van der Waals surface area contributed by atoms with E-state index in [0.29, 0.717) is 44.6 Å². The summed E-state index contributed by atoms with van der Waals surface area (Å²) in [7, 11) is 0. The average molecular weight is 463 g/mol. The Morgan fingerprint density at radius 2 is 1.81 bits per heavy atom. The van der Waals surface area contributed by atoms with Gasteiger partial charge in [-0.25, -0.2) is 9.59 Å². The monoisotopic (exact) mass is 462 g/mol. The summed E-state index contributed by atoms with van der Waals surface area (Å²) in [5.74, 6) is 0.0964. The van der Waals surface area contributed by atoms with Gasteiger partial charge in [-0.05, 0) is 43.2 Å². The molecule has 0 spiro atoms. The van der Waals surface area contributed by atoms with Gasteiger partial charge in [0.05, 0.1) is 18.2 Å². The minimum atomic E-state index is -0.651. The molecule has 1 atom stereocenters. The molecule has 31 heavy (non-hydrogen) atoms. The number of hydrogen-bond acceptors (Lipinski definition) is 4. The highest BCUT2D eigenvalue weighted by molar-refractivity contribution is 6.35. The fourth-order valence-electron chi connectivity index (χ4n) is 3.37. The maximum Gasteiger partial charge on any atom is 0.338 e. The van der Waals surface area contributed by atoms with E-state index in [9.17, 15) is 9.59 Å². The molecule has 3 rings (SSSR count). The predicted molar refractivity (Wildman–Crippen MR) is 120 cm³/mol. The molecule has 8 heteroatoms. The second-order valence-electron chi connectivity index (χ2n) is 6.96. The third kappa shape index (κ3) is 5.51. The van der Waals surface area contributed by atoms with Gasteiger partial charge in [-0.3, -0.25) is 0 Å². The van der Waals surface area contributed by atoms with Crippen molar-refractivity contribution < 1.29 is 19.1 Å². The van der Waals surface area contributed by atoms with Gasteiger partial charge in [0.2, 0.25) is 0 Å². The number of allylic oxidation sites excluding steroid dienone is 1. The lowest BCUT2D eigenvalue weighted by molar-refractivity contribution is -0.139. The zero-order valence-corrected chi connectivity index (χ0v) is 18.8. The van der Waals surface area contributed by atoms with Gasteiger partial charge in [-0.15, -0.1) is 0 Å². The summed E-state index contributed by atoms with van der Waals surface area (Å²) in [6.45, 7) is 4.15. The van der Waals surface area contributed by atoms with E-state index in [1.807, 2.05) is 13.0 Å². The molecule has 0 aromatic heterocycles. The molecule has 0 radical (unpaired) electrons. The van der Waals surface area contributed by atoms with Gasteiger partial charge in [0.25, 0.3) is 0 Å². The lowest BCUT2D eigenvalue weighted by atomic mass is 9.93. The number of amides is 2. The Morgan fingerprint density at radius 1 is 1.10 bits per heavy atom. The molecule has 0 saturated carbocycles. The molecule has 1 aliphatic rings. The van der Waals surface area contributed by atoms with Crippen LogP contribution < -0.4 is 15.4 Å². The second-order valence-corrected chi connectivity index (χ2v) is 7.77. The van der Waals surface area contributed by atoms with Crippen LogP contribution in [0.4, 0.5) is 4.79 Å². The van der Waals surface area contributed by atoms with Crippen LogP contribution in [0.2, 0.25) is 10.0 Å². The quantitative estimate of drug-likeness (QED) is 0.504. The highest BCUT2D eigenvalue weighted by Crippen LogP contribution is 2.32. The van der Waals surface area contributed by atoms with Crippen molar-refractivity contribution in [1.82, 2.24) is 10.6 Å². The van der Waals surface area contributed by atoms with E-state index >= 15 is 0 Å². The summed E-state index contributed by atoms with van der Waals surface area (Å²) in [6, 6.07) is 11.5. The molecule has 0 fully saturated rings. The van der Waals surface area contributed by atoms with Crippen LogP contribution in [0.1, 0.15) is 43.9 Å². The molecule has 1 aliphatic heterocycles. The zero-order chi connectivity index (χ0) is 22.4. The standard InChI is InChI=1S/C23H24Cl2N2O4/c1-3-7-19-20(22(28)30-4-2)21(27-23(29)26-19)14-8-5-9-15(12-14)31-13-16-17(24)10-6-11-18(16)25/h5-6,8-12,21H,3-4,7,13H2,1-2H3,(H2,26,27,29). The van der Waals surface area contributed by atoms with Gasteiger partial charge in [0.1, 0.15) is 12.4 Å². The summed E-state index contributed by atoms with van der Waals surface area (Å²) in [6.07, 6.45) is 1.33. The number of benzene rings is 2. The van der Waals surface area contributed by atoms with Crippen molar-refractivity contribution in [1.29, 1.82) is 0 Å². The van der Waals surface area contributed by atoms with E-state index in [4.69, 9.17) is 32.7 Å². The Kier molecular flexibility index (Phi) is 7.82. The van der Waals surface area contributed by atoms with Crippen LogP contribution in [0.15, 0.2) is 53.7 Å². The molecular formula is C23H24Cl2N2O4. The fraction of sp³-hybridized carbons (Fsp3) is 0.304. The number of urea groups is 1. The smallest absolute Gasteiger partial charge is 0.338 e. The Bertz CT molecular complexity index is 987. The van der Waals surface area contributed by atoms with Crippen molar-refractivity contribution in [2.24, 2.45) is 0 Å². The molecule has 1 unspecified atom stereocenters. The molecular weight excluding hydrogens is 439 g/mol. The van der Waals surface area contributed by atoms with Crippen molar-refractivity contribution >= 4 is 35.2 Å². The molecule has 6 nitrogen and oxygen atoms in total. The van der Waals surface area contributed by atoms with Gasteiger partial charge < -0.3 is 20.1 Å². The Hall–Kier alpha value is -2.70. The van der Waals surface area contributed by atoms with Crippen molar-refractivity contribution in [3.05, 3.63) is 74.9 Å². The number of ether oxygens (including phenoxy) is 2. The summed E-state index contributed by atoms with van der Waals surface area (Å²) >= 11 is 12.4. The number of carbonyl (C=O) groups excluding carboxylic acids is 2. The summed E-state index contributed by atoms with van der Waals surface area (Å²) in [5, 5.41) is 6.61. The molecule has 2 N–H and O–H groups in total. The molecule has 1 heterocycles. The van der Waals surface area contributed by atoms with Crippen molar-refractivity contribution in [3.63, 3.8) is 0 Å². The molecule has 2 amide bonds. The van der Waals surface area contributed by atoms with Crippen LogP contribution in [0, 0.1) is 0 Å². The number of rotatable bonds is 8. The minimum Gasteiger partial charge on any atom is -0.489 e. The third-order valence-electron chi connectivity index (χ3n) is 4.79. The normalized spacial score (nSPS) is 15.9. The van der Waals surface area contributed by atoms with Crippen LogP contribution >= 0.6 is 23.2 Å². The summed E-state index contributed by atoms with van der Waals surface area (Å²) in [4.78, 5) is 25.0. The lowest BCUT2D eigenvalue weighted by Crippen LogP contribution is -2.46. The predicted octanol–water partition coefficient (Wildman–Crippen LogP) is 5.54. The molecule has 2 aromatic rings. The third-order valence-corrected chi connectivity index (χ3v) is 5.49.